The SMILES string of the molecule is COc1ccc(C2CC(F)CCN2C)c(OC)c1S(N)(=O)=O. The van der Waals surface area contributed by atoms with Gasteiger partial charge in [-0.05, 0) is 32.0 Å². The fourth-order valence-corrected chi connectivity index (χ4v) is 3.76. The molecular formula is C14H21FN2O4S. The van der Waals surface area contributed by atoms with Crippen molar-refractivity contribution in [3.05, 3.63) is 17.7 Å². The molecule has 1 aromatic rings. The monoisotopic (exact) mass is 332 g/mol. The summed E-state index contributed by atoms with van der Waals surface area (Å²) in [5, 5.41) is 5.29. The predicted molar refractivity (Wildman–Crippen MR) is 80.4 cm³/mol. The number of sulfonamides is 1. The summed E-state index contributed by atoms with van der Waals surface area (Å²) in [6.45, 7) is 0.589. The fraction of sp³-hybridized carbons (Fsp3) is 0.571. The Morgan fingerprint density at radius 1 is 1.32 bits per heavy atom. The van der Waals surface area contributed by atoms with Gasteiger partial charge in [0.15, 0.2) is 4.90 Å². The van der Waals surface area contributed by atoms with Crippen LogP contribution < -0.4 is 14.6 Å². The second-order valence-electron chi connectivity index (χ2n) is 5.38. The molecule has 0 bridgehead atoms. The number of nitrogens with two attached hydrogens (primary N) is 1. The quantitative estimate of drug-likeness (QED) is 0.902. The van der Waals surface area contributed by atoms with E-state index >= 15 is 0 Å². The molecule has 0 radical (unpaired) electrons. The van der Waals surface area contributed by atoms with Crippen molar-refractivity contribution in [1.29, 1.82) is 0 Å². The second-order valence-corrected chi connectivity index (χ2v) is 6.88. The molecule has 1 fully saturated rings. The lowest BCUT2D eigenvalue weighted by Crippen LogP contribution is -2.35. The lowest BCUT2D eigenvalue weighted by atomic mass is 9.94. The predicted octanol–water partition coefficient (Wildman–Crippen LogP) is 1.46. The normalized spacial score (nSPS) is 23.3. The molecule has 0 saturated carbocycles. The van der Waals surface area contributed by atoms with Gasteiger partial charge in [0, 0.05) is 18.2 Å². The molecule has 0 aromatic heterocycles. The molecule has 2 unspecified atom stereocenters. The lowest BCUT2D eigenvalue weighted by molar-refractivity contribution is 0.112. The number of likely N-dealkylation sites (tertiary alicyclic amines) is 1. The van der Waals surface area contributed by atoms with E-state index in [2.05, 4.69) is 0 Å². The van der Waals surface area contributed by atoms with E-state index in [1.54, 1.807) is 6.07 Å². The molecule has 6 nitrogen and oxygen atoms in total. The Hall–Kier alpha value is -1.38. The number of benzene rings is 1. The van der Waals surface area contributed by atoms with Gasteiger partial charge in [0.25, 0.3) is 0 Å². The van der Waals surface area contributed by atoms with E-state index in [4.69, 9.17) is 14.6 Å². The van der Waals surface area contributed by atoms with Gasteiger partial charge in [-0.2, -0.15) is 0 Å². The molecule has 22 heavy (non-hydrogen) atoms. The van der Waals surface area contributed by atoms with Crippen molar-refractivity contribution in [1.82, 2.24) is 4.90 Å². The zero-order valence-corrected chi connectivity index (χ0v) is 13.7. The van der Waals surface area contributed by atoms with Crippen molar-refractivity contribution in [3.63, 3.8) is 0 Å². The number of hydrogen-bond donors (Lipinski definition) is 1. The van der Waals surface area contributed by atoms with Crippen LogP contribution >= 0.6 is 0 Å². The van der Waals surface area contributed by atoms with Crippen LogP contribution in [0, 0.1) is 0 Å². The van der Waals surface area contributed by atoms with E-state index < -0.39 is 16.2 Å². The van der Waals surface area contributed by atoms with Gasteiger partial charge in [-0.15, -0.1) is 0 Å². The standard InChI is InChI=1S/C14H21FN2O4S/c1-17-7-6-9(15)8-11(17)10-4-5-12(20-2)14(13(10)21-3)22(16,18)19/h4-5,9,11H,6-8H2,1-3H3,(H2,16,18,19). The van der Waals surface area contributed by atoms with Gasteiger partial charge in [0.2, 0.25) is 10.0 Å². The zero-order valence-electron chi connectivity index (χ0n) is 12.9. The third kappa shape index (κ3) is 3.18. The van der Waals surface area contributed by atoms with Crippen molar-refractivity contribution in [3.8, 4) is 11.5 Å². The Bertz CT molecular complexity index is 650. The molecule has 1 aromatic carbocycles. The third-order valence-electron chi connectivity index (χ3n) is 3.98. The Morgan fingerprint density at radius 2 is 2.00 bits per heavy atom. The molecule has 1 aliphatic heterocycles. The van der Waals surface area contributed by atoms with Crippen LogP contribution in [-0.4, -0.2) is 47.3 Å². The first-order valence-corrected chi connectivity index (χ1v) is 8.46. The largest absolute Gasteiger partial charge is 0.495 e. The number of alkyl halides is 1. The van der Waals surface area contributed by atoms with Crippen molar-refractivity contribution in [2.24, 2.45) is 5.14 Å². The number of halogens is 1. The second kappa shape index (κ2) is 6.39. The van der Waals surface area contributed by atoms with Crippen LogP contribution in [0.2, 0.25) is 0 Å². The Balaban J connectivity index is 2.62. The van der Waals surface area contributed by atoms with Crippen LogP contribution in [0.3, 0.4) is 0 Å². The summed E-state index contributed by atoms with van der Waals surface area (Å²) in [4.78, 5) is 1.78. The smallest absolute Gasteiger partial charge is 0.245 e. The molecule has 0 spiro atoms. The van der Waals surface area contributed by atoms with Gasteiger partial charge in [-0.3, -0.25) is 4.90 Å². The van der Waals surface area contributed by atoms with Crippen LogP contribution in [0.15, 0.2) is 17.0 Å². The zero-order chi connectivity index (χ0) is 16.5. The molecule has 8 heteroatoms. The number of methoxy groups -OCH3 is 2. The van der Waals surface area contributed by atoms with Crippen LogP contribution in [0.5, 0.6) is 11.5 Å². The van der Waals surface area contributed by atoms with E-state index in [0.29, 0.717) is 18.5 Å². The Morgan fingerprint density at radius 3 is 2.55 bits per heavy atom. The molecule has 1 saturated heterocycles. The van der Waals surface area contributed by atoms with Crippen LogP contribution in [0.4, 0.5) is 4.39 Å². The summed E-state index contributed by atoms with van der Waals surface area (Å²) in [5.41, 5.74) is 0.595. The van der Waals surface area contributed by atoms with Gasteiger partial charge in [0.1, 0.15) is 17.7 Å². The molecule has 2 rings (SSSR count). The maximum Gasteiger partial charge on any atom is 0.245 e. The average Bonchev–Trinajstić information content (AvgIpc) is 2.47. The molecular weight excluding hydrogens is 311 g/mol. The van der Waals surface area contributed by atoms with Crippen molar-refractivity contribution in [2.75, 3.05) is 27.8 Å². The average molecular weight is 332 g/mol. The lowest BCUT2D eigenvalue weighted by Gasteiger charge is -2.35. The van der Waals surface area contributed by atoms with Gasteiger partial charge in [-0.1, -0.05) is 0 Å². The highest BCUT2D eigenvalue weighted by molar-refractivity contribution is 7.89. The third-order valence-corrected chi connectivity index (χ3v) is 4.94. The van der Waals surface area contributed by atoms with E-state index in [9.17, 15) is 12.8 Å². The maximum atomic E-state index is 13.8. The first kappa shape index (κ1) is 17.0. The highest BCUT2D eigenvalue weighted by Gasteiger charge is 2.33. The number of primary sulfonamides is 1. The highest BCUT2D eigenvalue weighted by atomic mass is 32.2. The summed E-state index contributed by atoms with van der Waals surface area (Å²) in [5.74, 6) is 0.228. The van der Waals surface area contributed by atoms with Gasteiger partial charge < -0.3 is 9.47 Å². The van der Waals surface area contributed by atoms with E-state index in [1.165, 1.54) is 20.3 Å². The summed E-state index contributed by atoms with van der Waals surface area (Å²) in [6, 6.07) is 2.95. The number of ether oxygens (including phenoxy) is 2. The highest BCUT2D eigenvalue weighted by Crippen LogP contribution is 2.42. The van der Waals surface area contributed by atoms with Gasteiger partial charge in [-0.25, -0.2) is 17.9 Å². The van der Waals surface area contributed by atoms with E-state index in [0.717, 1.165) is 0 Å². The topological polar surface area (TPSA) is 81.9 Å². The summed E-state index contributed by atoms with van der Waals surface area (Å²) >= 11 is 0. The fourth-order valence-electron chi connectivity index (χ4n) is 2.87. The van der Waals surface area contributed by atoms with E-state index in [1.807, 2.05) is 11.9 Å². The first-order valence-electron chi connectivity index (χ1n) is 6.91. The minimum atomic E-state index is -4.04. The molecule has 0 amide bonds. The molecule has 2 N–H and O–H groups in total. The Kier molecular flexibility index (Phi) is 4.93. The first-order chi connectivity index (χ1) is 10.3. The van der Waals surface area contributed by atoms with Gasteiger partial charge in [0.05, 0.1) is 14.2 Å². The van der Waals surface area contributed by atoms with Crippen LogP contribution in [0.1, 0.15) is 24.4 Å². The van der Waals surface area contributed by atoms with Crippen molar-refractivity contribution >= 4 is 10.0 Å². The van der Waals surface area contributed by atoms with Crippen LogP contribution in [0.25, 0.3) is 0 Å². The summed E-state index contributed by atoms with van der Waals surface area (Å²) in [6.07, 6.45) is -0.178. The summed E-state index contributed by atoms with van der Waals surface area (Å²) < 4.78 is 48.0. The number of nitrogens with zero attached hydrogens (tertiary/aromatic N) is 1. The Labute approximate surface area is 130 Å². The molecule has 1 aliphatic rings. The molecule has 2 atom stereocenters. The number of rotatable bonds is 4. The van der Waals surface area contributed by atoms with Crippen LogP contribution in [-0.2, 0) is 10.0 Å². The van der Waals surface area contributed by atoms with Crippen molar-refractivity contribution < 1.29 is 22.3 Å². The maximum absolute atomic E-state index is 13.8. The number of piperidine rings is 1. The minimum Gasteiger partial charge on any atom is -0.495 e. The van der Waals surface area contributed by atoms with Gasteiger partial charge >= 0.3 is 0 Å². The van der Waals surface area contributed by atoms with E-state index in [-0.39, 0.29) is 28.9 Å². The molecule has 0 aliphatic carbocycles. The molecule has 124 valence electrons. The molecule has 1 heterocycles. The van der Waals surface area contributed by atoms with Crippen molar-refractivity contribution in [2.45, 2.75) is 30.0 Å². The summed E-state index contributed by atoms with van der Waals surface area (Å²) in [7, 11) is 0.548. The minimum absolute atomic E-state index is 0.110. The number of hydrogen-bond acceptors (Lipinski definition) is 5.